The summed E-state index contributed by atoms with van der Waals surface area (Å²) in [6, 6.07) is 9.53. The Kier molecular flexibility index (Phi) is 5.60. The van der Waals surface area contributed by atoms with Gasteiger partial charge in [0.25, 0.3) is 0 Å². The molecule has 2 aromatic carbocycles. The van der Waals surface area contributed by atoms with Crippen molar-refractivity contribution in [1.82, 2.24) is 4.72 Å². The molecule has 2 N–H and O–H groups in total. The normalized spacial score (nSPS) is 17.1. The van der Waals surface area contributed by atoms with Crippen LogP contribution in [0, 0.1) is 0 Å². The van der Waals surface area contributed by atoms with Crippen LogP contribution >= 0.6 is 0 Å². The van der Waals surface area contributed by atoms with Gasteiger partial charge in [0.15, 0.2) is 0 Å². The van der Waals surface area contributed by atoms with Gasteiger partial charge in [-0.25, -0.2) is 13.1 Å². The highest BCUT2D eigenvalue weighted by Crippen LogP contribution is 2.34. The second kappa shape index (κ2) is 7.61. The van der Waals surface area contributed by atoms with Crippen LogP contribution < -0.4 is 4.72 Å². The average molecular weight is 399 g/mol. The molecule has 0 spiro atoms. The smallest absolute Gasteiger partial charge is 0.396 e. The van der Waals surface area contributed by atoms with Crippen LogP contribution in [0.15, 0.2) is 47.4 Å². The predicted molar refractivity (Wildman–Crippen MR) is 94.8 cm³/mol. The average Bonchev–Trinajstić information content (AvgIpc) is 2.99. The lowest BCUT2D eigenvalue weighted by molar-refractivity contribution is -0.139. The third kappa shape index (κ3) is 4.51. The second-order valence-electron chi connectivity index (χ2n) is 6.65. The van der Waals surface area contributed by atoms with Crippen LogP contribution in [0.2, 0.25) is 0 Å². The van der Waals surface area contributed by atoms with Crippen molar-refractivity contribution >= 4 is 10.0 Å². The summed E-state index contributed by atoms with van der Waals surface area (Å²) in [5, 5.41) is 8.92. The maximum absolute atomic E-state index is 13.1. The minimum absolute atomic E-state index is 0.0954. The molecule has 2 aromatic rings. The van der Waals surface area contributed by atoms with Gasteiger partial charge in [0, 0.05) is 12.6 Å². The van der Waals surface area contributed by atoms with Crippen LogP contribution in [0.3, 0.4) is 0 Å². The number of aliphatic hydroxyl groups excluding tert-OH is 1. The zero-order valence-electron chi connectivity index (χ0n) is 14.5. The molecule has 0 heterocycles. The van der Waals surface area contributed by atoms with Crippen molar-refractivity contribution in [3.05, 3.63) is 64.7 Å². The Labute approximate surface area is 156 Å². The van der Waals surface area contributed by atoms with Gasteiger partial charge < -0.3 is 5.11 Å². The Bertz CT molecular complexity index is 926. The lowest BCUT2D eigenvalue weighted by atomic mass is 10.0. The SMILES string of the molecule is O=S(=O)(NC1Cc2ccc(CCCO)cc2C1)c1ccccc1C(F)(F)F. The van der Waals surface area contributed by atoms with Gasteiger partial charge in [-0.1, -0.05) is 30.3 Å². The summed E-state index contributed by atoms with van der Waals surface area (Å²) in [6.07, 6.45) is -2.52. The number of benzene rings is 2. The van der Waals surface area contributed by atoms with Crippen LogP contribution in [0.1, 0.15) is 28.7 Å². The van der Waals surface area contributed by atoms with Crippen LogP contribution in [0.5, 0.6) is 0 Å². The van der Waals surface area contributed by atoms with Gasteiger partial charge in [0.2, 0.25) is 10.0 Å². The first-order chi connectivity index (χ1) is 12.7. The summed E-state index contributed by atoms with van der Waals surface area (Å²) in [5.41, 5.74) is 1.86. The Morgan fingerprint density at radius 1 is 1.07 bits per heavy atom. The highest BCUT2D eigenvalue weighted by molar-refractivity contribution is 7.89. The van der Waals surface area contributed by atoms with Crippen molar-refractivity contribution in [2.24, 2.45) is 0 Å². The van der Waals surface area contributed by atoms with E-state index in [1.54, 1.807) is 0 Å². The topological polar surface area (TPSA) is 66.4 Å². The van der Waals surface area contributed by atoms with Gasteiger partial charge in [-0.15, -0.1) is 0 Å². The molecular formula is C19H20F3NO3S. The van der Waals surface area contributed by atoms with E-state index in [2.05, 4.69) is 4.72 Å². The van der Waals surface area contributed by atoms with Gasteiger partial charge in [0.1, 0.15) is 0 Å². The minimum atomic E-state index is -4.74. The predicted octanol–water partition coefficient (Wildman–Crippen LogP) is 3.08. The standard InChI is InChI=1S/C19H20F3NO3S/c20-19(21,22)17-5-1-2-6-18(17)27(25,26)23-16-11-14-8-7-13(4-3-9-24)10-15(14)12-16/h1-2,5-8,10,16,23-24H,3-4,9,11-12H2. The number of hydrogen-bond acceptors (Lipinski definition) is 3. The molecule has 0 saturated heterocycles. The van der Waals surface area contributed by atoms with E-state index in [0.29, 0.717) is 19.3 Å². The van der Waals surface area contributed by atoms with E-state index >= 15 is 0 Å². The zero-order valence-corrected chi connectivity index (χ0v) is 15.3. The lowest BCUT2D eigenvalue weighted by Gasteiger charge is -2.16. The number of aliphatic hydroxyl groups is 1. The molecule has 8 heteroatoms. The number of hydrogen-bond donors (Lipinski definition) is 2. The van der Waals surface area contributed by atoms with Crippen molar-refractivity contribution < 1.29 is 26.7 Å². The van der Waals surface area contributed by atoms with E-state index in [1.807, 2.05) is 18.2 Å². The van der Waals surface area contributed by atoms with Gasteiger partial charge >= 0.3 is 6.18 Å². The van der Waals surface area contributed by atoms with E-state index < -0.39 is 32.7 Å². The van der Waals surface area contributed by atoms with E-state index in [0.717, 1.165) is 35.2 Å². The quantitative estimate of drug-likeness (QED) is 0.785. The molecule has 3 rings (SSSR count). The van der Waals surface area contributed by atoms with Crippen molar-refractivity contribution in [1.29, 1.82) is 0 Å². The van der Waals surface area contributed by atoms with Crippen molar-refractivity contribution in [3.8, 4) is 0 Å². The highest BCUT2D eigenvalue weighted by Gasteiger charge is 2.38. The molecule has 0 saturated carbocycles. The minimum Gasteiger partial charge on any atom is -0.396 e. The highest BCUT2D eigenvalue weighted by atomic mass is 32.2. The Morgan fingerprint density at radius 2 is 1.78 bits per heavy atom. The number of aryl methyl sites for hydroxylation is 1. The first-order valence-corrected chi connectivity index (χ1v) is 10.1. The molecule has 27 heavy (non-hydrogen) atoms. The molecule has 0 aliphatic heterocycles. The van der Waals surface area contributed by atoms with Crippen molar-refractivity contribution in [2.75, 3.05) is 6.61 Å². The summed E-state index contributed by atoms with van der Waals surface area (Å²) in [4.78, 5) is -0.753. The Hall–Kier alpha value is -1.90. The molecular weight excluding hydrogens is 379 g/mol. The maximum Gasteiger partial charge on any atom is 0.417 e. The van der Waals surface area contributed by atoms with Gasteiger partial charge in [0.05, 0.1) is 10.5 Å². The van der Waals surface area contributed by atoms with Crippen LogP contribution in [0.25, 0.3) is 0 Å². The third-order valence-corrected chi connectivity index (χ3v) is 6.21. The molecule has 0 bridgehead atoms. The monoisotopic (exact) mass is 399 g/mol. The first kappa shape index (κ1) is 19.9. The number of rotatable bonds is 6. The summed E-state index contributed by atoms with van der Waals surface area (Å²) in [6.45, 7) is 0.0954. The van der Waals surface area contributed by atoms with Gasteiger partial charge in [-0.3, -0.25) is 0 Å². The van der Waals surface area contributed by atoms with E-state index in [1.165, 1.54) is 12.1 Å². The second-order valence-corrected chi connectivity index (χ2v) is 8.33. The number of alkyl halides is 3. The van der Waals surface area contributed by atoms with Crippen molar-refractivity contribution in [3.63, 3.8) is 0 Å². The number of nitrogens with one attached hydrogen (secondary N) is 1. The van der Waals surface area contributed by atoms with Gasteiger partial charge in [-0.2, -0.15) is 13.2 Å². The van der Waals surface area contributed by atoms with Crippen LogP contribution in [-0.4, -0.2) is 26.2 Å². The molecule has 146 valence electrons. The van der Waals surface area contributed by atoms with Crippen LogP contribution in [-0.2, 0) is 35.5 Å². The van der Waals surface area contributed by atoms with E-state index in [9.17, 15) is 21.6 Å². The Morgan fingerprint density at radius 3 is 2.48 bits per heavy atom. The molecule has 0 radical (unpaired) electrons. The molecule has 4 nitrogen and oxygen atoms in total. The van der Waals surface area contributed by atoms with Crippen molar-refractivity contribution in [2.45, 2.75) is 42.8 Å². The first-order valence-electron chi connectivity index (χ1n) is 8.61. The number of halogens is 3. The fourth-order valence-electron chi connectivity index (χ4n) is 3.41. The summed E-state index contributed by atoms with van der Waals surface area (Å²) < 4.78 is 67.0. The Balaban J connectivity index is 1.78. The molecule has 0 aromatic heterocycles. The van der Waals surface area contributed by atoms with E-state index in [4.69, 9.17) is 5.11 Å². The largest absolute Gasteiger partial charge is 0.417 e. The molecule has 0 fully saturated rings. The van der Waals surface area contributed by atoms with Crippen LogP contribution in [0.4, 0.5) is 13.2 Å². The number of sulfonamides is 1. The molecule has 0 amide bonds. The summed E-state index contributed by atoms with van der Waals surface area (Å²) >= 11 is 0. The molecule has 1 aliphatic carbocycles. The summed E-state index contributed by atoms with van der Waals surface area (Å²) in [5.74, 6) is 0. The molecule has 1 atom stereocenters. The van der Waals surface area contributed by atoms with E-state index in [-0.39, 0.29) is 6.61 Å². The third-order valence-electron chi connectivity index (χ3n) is 4.63. The molecule has 1 unspecified atom stereocenters. The number of fused-ring (bicyclic) bond motifs is 1. The summed E-state index contributed by atoms with van der Waals surface area (Å²) in [7, 11) is -4.30. The van der Waals surface area contributed by atoms with Gasteiger partial charge in [-0.05, 0) is 54.5 Å². The maximum atomic E-state index is 13.1. The molecule has 1 aliphatic rings. The fourth-order valence-corrected chi connectivity index (χ4v) is 4.88. The lowest BCUT2D eigenvalue weighted by Crippen LogP contribution is -2.36. The fraction of sp³-hybridized carbons (Fsp3) is 0.368. The zero-order chi connectivity index (χ0) is 19.7.